The zero-order valence-electron chi connectivity index (χ0n) is 18.5. The van der Waals surface area contributed by atoms with Crippen molar-refractivity contribution in [1.29, 1.82) is 0 Å². The van der Waals surface area contributed by atoms with Crippen molar-refractivity contribution in [3.63, 3.8) is 0 Å². The van der Waals surface area contributed by atoms with Crippen LogP contribution in [-0.2, 0) is 23.7 Å². The summed E-state index contributed by atoms with van der Waals surface area (Å²) in [7, 11) is 0. The van der Waals surface area contributed by atoms with E-state index >= 15 is 0 Å². The molecule has 2 aliphatic rings. The molecule has 6 N–H and O–H groups in total. The number of ether oxygens (including phenoxy) is 5. The molecular formula is C20H38O11. The van der Waals surface area contributed by atoms with E-state index in [1.807, 2.05) is 13.8 Å². The number of aliphatic hydroxyl groups is 6. The van der Waals surface area contributed by atoms with Gasteiger partial charge in [-0.1, -0.05) is 20.3 Å². The second-order valence-corrected chi connectivity index (χ2v) is 8.65. The van der Waals surface area contributed by atoms with Gasteiger partial charge < -0.3 is 54.3 Å². The molecule has 2 aliphatic heterocycles. The van der Waals surface area contributed by atoms with Gasteiger partial charge in [0.25, 0.3) is 0 Å². The van der Waals surface area contributed by atoms with Crippen LogP contribution in [0.15, 0.2) is 0 Å². The molecule has 0 aromatic heterocycles. The summed E-state index contributed by atoms with van der Waals surface area (Å²) in [5.74, 6) is -2.21. The summed E-state index contributed by atoms with van der Waals surface area (Å²) in [6.07, 6.45) is -9.75. The van der Waals surface area contributed by atoms with Gasteiger partial charge in [0.2, 0.25) is 12.1 Å². The van der Waals surface area contributed by atoms with Gasteiger partial charge in [0.1, 0.15) is 30.5 Å². The molecule has 0 radical (unpaired) electrons. The Morgan fingerprint density at radius 2 is 1.65 bits per heavy atom. The highest BCUT2D eigenvalue weighted by Gasteiger charge is 2.52. The van der Waals surface area contributed by atoms with E-state index in [-0.39, 0.29) is 12.0 Å². The molecule has 31 heavy (non-hydrogen) atoms. The van der Waals surface area contributed by atoms with Crippen molar-refractivity contribution in [1.82, 2.24) is 0 Å². The van der Waals surface area contributed by atoms with Crippen LogP contribution in [0.4, 0.5) is 0 Å². The molecule has 184 valence electrons. The van der Waals surface area contributed by atoms with Crippen LogP contribution in [0.3, 0.4) is 0 Å². The van der Waals surface area contributed by atoms with Crippen LogP contribution in [0.1, 0.15) is 40.5 Å². The van der Waals surface area contributed by atoms with Crippen LogP contribution >= 0.6 is 0 Å². The lowest BCUT2D eigenvalue weighted by Crippen LogP contribution is -2.63. The average Bonchev–Trinajstić information content (AvgIpc) is 2.71. The summed E-state index contributed by atoms with van der Waals surface area (Å²) in [6.45, 7) is 6.65. The van der Waals surface area contributed by atoms with Gasteiger partial charge in [0, 0.05) is 13.0 Å². The summed E-state index contributed by atoms with van der Waals surface area (Å²) in [4.78, 5) is 0. The first-order valence-electron chi connectivity index (χ1n) is 10.8. The Hall–Kier alpha value is -0.440. The standard InChI is InChI=1S/C20H38O11/c1-5-11(4)9-27-17-14(8-22)30-18(16(24)15(17)23)29-12-6-20(25,26)19(28-10(2)3)31-13(12)7-21/h10-19,21-26H,5-9H2,1-4H3. The first-order valence-corrected chi connectivity index (χ1v) is 10.8. The maximum Gasteiger partial charge on any atom is 0.218 e. The van der Waals surface area contributed by atoms with Crippen LogP contribution in [0, 0.1) is 5.92 Å². The molecular weight excluding hydrogens is 416 g/mol. The van der Waals surface area contributed by atoms with Gasteiger partial charge >= 0.3 is 0 Å². The van der Waals surface area contributed by atoms with Crippen LogP contribution < -0.4 is 0 Å². The lowest BCUT2D eigenvalue weighted by Gasteiger charge is -2.47. The largest absolute Gasteiger partial charge is 0.394 e. The number of hydrogen-bond donors (Lipinski definition) is 6. The number of rotatable bonds is 10. The van der Waals surface area contributed by atoms with Gasteiger partial charge in [-0.25, -0.2) is 0 Å². The van der Waals surface area contributed by atoms with Crippen molar-refractivity contribution in [3.05, 3.63) is 0 Å². The number of aliphatic hydroxyl groups excluding tert-OH is 4. The smallest absolute Gasteiger partial charge is 0.218 e. The first kappa shape index (κ1) is 26.8. The maximum absolute atomic E-state index is 10.5. The molecule has 11 nitrogen and oxygen atoms in total. The van der Waals surface area contributed by atoms with Crippen molar-refractivity contribution in [3.8, 4) is 0 Å². The quantitative estimate of drug-likeness (QED) is 0.212. The molecule has 0 saturated carbocycles. The molecule has 9 unspecified atom stereocenters. The molecule has 0 aromatic carbocycles. The Kier molecular flexibility index (Phi) is 10.0. The average molecular weight is 455 g/mol. The summed E-state index contributed by atoms with van der Waals surface area (Å²) >= 11 is 0. The Morgan fingerprint density at radius 1 is 1.00 bits per heavy atom. The fourth-order valence-electron chi connectivity index (χ4n) is 3.50. The van der Waals surface area contributed by atoms with Crippen LogP contribution in [0.5, 0.6) is 0 Å². The second-order valence-electron chi connectivity index (χ2n) is 8.65. The normalized spacial score (nSPS) is 39.6. The lowest BCUT2D eigenvalue weighted by molar-refractivity contribution is -0.398. The summed E-state index contributed by atoms with van der Waals surface area (Å²) in [5.41, 5.74) is 0. The monoisotopic (exact) mass is 454 g/mol. The second kappa shape index (κ2) is 11.6. The lowest BCUT2D eigenvalue weighted by atomic mass is 9.97. The van der Waals surface area contributed by atoms with Gasteiger partial charge in [0.15, 0.2) is 6.29 Å². The minimum Gasteiger partial charge on any atom is -0.394 e. The predicted molar refractivity (Wildman–Crippen MR) is 106 cm³/mol. The highest BCUT2D eigenvalue weighted by atomic mass is 16.8. The van der Waals surface area contributed by atoms with Gasteiger partial charge in [-0.15, -0.1) is 0 Å². The van der Waals surface area contributed by atoms with Crippen molar-refractivity contribution >= 4 is 0 Å². The van der Waals surface area contributed by atoms with Gasteiger partial charge in [-0.2, -0.15) is 0 Å². The molecule has 9 atom stereocenters. The minimum atomic E-state index is -2.42. The molecule has 0 spiro atoms. The molecule has 2 heterocycles. The van der Waals surface area contributed by atoms with E-state index < -0.39 is 74.6 Å². The molecule has 0 amide bonds. The first-order chi connectivity index (χ1) is 14.5. The Morgan fingerprint density at radius 3 is 2.19 bits per heavy atom. The zero-order valence-corrected chi connectivity index (χ0v) is 18.5. The fourth-order valence-corrected chi connectivity index (χ4v) is 3.50. The SMILES string of the molecule is CCC(C)COC1C(CO)OC(OC2CC(O)(O)C(OC(C)C)OC2CO)C(O)C1O. The molecule has 0 aromatic rings. The van der Waals surface area contributed by atoms with Gasteiger partial charge in [0.05, 0.1) is 25.4 Å². The molecule has 0 aliphatic carbocycles. The Balaban J connectivity index is 2.07. The highest BCUT2D eigenvalue weighted by Crippen LogP contribution is 2.33. The van der Waals surface area contributed by atoms with Crippen molar-refractivity contribution in [2.24, 2.45) is 5.92 Å². The third kappa shape index (κ3) is 6.78. The third-order valence-electron chi connectivity index (χ3n) is 5.57. The molecule has 11 heteroatoms. The maximum atomic E-state index is 10.5. The predicted octanol–water partition coefficient (Wildman–Crippen LogP) is -1.54. The van der Waals surface area contributed by atoms with Gasteiger partial charge in [-0.3, -0.25) is 0 Å². The molecule has 2 rings (SSSR count). The summed E-state index contributed by atoms with van der Waals surface area (Å²) in [6, 6.07) is 0. The highest BCUT2D eigenvalue weighted by molar-refractivity contribution is 4.93. The van der Waals surface area contributed by atoms with Gasteiger partial charge in [-0.05, 0) is 19.8 Å². The van der Waals surface area contributed by atoms with E-state index in [9.17, 15) is 30.6 Å². The summed E-state index contributed by atoms with van der Waals surface area (Å²) < 4.78 is 27.8. The molecule has 2 fully saturated rings. The Bertz CT molecular complexity index is 529. The van der Waals surface area contributed by atoms with Crippen molar-refractivity contribution < 1.29 is 54.3 Å². The number of hydrogen-bond acceptors (Lipinski definition) is 11. The summed E-state index contributed by atoms with van der Waals surface area (Å²) in [5, 5.41) is 61.1. The minimum absolute atomic E-state index is 0.214. The van der Waals surface area contributed by atoms with E-state index in [0.29, 0.717) is 6.61 Å². The van der Waals surface area contributed by atoms with Crippen LogP contribution in [-0.4, -0.2) is 112 Å². The fraction of sp³-hybridized carbons (Fsp3) is 1.00. The zero-order chi connectivity index (χ0) is 23.3. The van der Waals surface area contributed by atoms with E-state index in [4.69, 9.17) is 23.7 Å². The van der Waals surface area contributed by atoms with Crippen molar-refractivity contribution in [2.75, 3.05) is 19.8 Å². The van der Waals surface area contributed by atoms with Crippen molar-refractivity contribution in [2.45, 2.75) is 102 Å². The topological polar surface area (TPSA) is 168 Å². The molecule has 2 saturated heterocycles. The van der Waals surface area contributed by atoms with E-state index in [1.54, 1.807) is 13.8 Å². The molecule has 0 bridgehead atoms. The Labute approximate surface area is 182 Å². The van der Waals surface area contributed by atoms with E-state index in [1.165, 1.54) is 0 Å². The van der Waals surface area contributed by atoms with E-state index in [0.717, 1.165) is 6.42 Å². The third-order valence-corrected chi connectivity index (χ3v) is 5.57. The van der Waals surface area contributed by atoms with Crippen LogP contribution in [0.25, 0.3) is 0 Å². The van der Waals surface area contributed by atoms with Crippen LogP contribution in [0.2, 0.25) is 0 Å². The van der Waals surface area contributed by atoms with E-state index in [2.05, 4.69) is 0 Å².